The summed E-state index contributed by atoms with van der Waals surface area (Å²) in [6.07, 6.45) is 0. The van der Waals surface area contributed by atoms with E-state index in [1.54, 1.807) is 13.8 Å². The number of aliphatic carboxylic acids is 1. The number of aryl methyl sites for hydroxylation is 1. The fourth-order valence-corrected chi connectivity index (χ4v) is 2.60. The molecule has 0 bridgehead atoms. The topological polar surface area (TPSA) is 113 Å². The lowest BCUT2D eigenvalue weighted by atomic mass is 10.1. The van der Waals surface area contributed by atoms with Gasteiger partial charge < -0.3 is 10.4 Å². The van der Waals surface area contributed by atoms with Crippen LogP contribution in [0.5, 0.6) is 0 Å². The zero-order valence-corrected chi connectivity index (χ0v) is 12.0. The van der Waals surface area contributed by atoms with E-state index in [1.165, 1.54) is 18.2 Å². The van der Waals surface area contributed by atoms with Crippen LogP contribution in [0.2, 0.25) is 0 Å². The Morgan fingerprint density at radius 3 is 2.50 bits per heavy atom. The molecule has 0 aliphatic rings. The summed E-state index contributed by atoms with van der Waals surface area (Å²) in [5, 5.41) is 10.7. The predicted molar refractivity (Wildman–Crippen MR) is 72.0 cm³/mol. The molecule has 20 heavy (non-hydrogen) atoms. The molecule has 3 N–H and O–H groups in total. The number of carboxylic acid groups (broad SMARTS) is 1. The number of rotatable bonds is 6. The largest absolute Gasteiger partial charge is 0.480 e. The van der Waals surface area contributed by atoms with Crippen molar-refractivity contribution in [2.24, 2.45) is 0 Å². The second kappa shape index (κ2) is 6.49. The van der Waals surface area contributed by atoms with Crippen molar-refractivity contribution < 1.29 is 23.1 Å². The van der Waals surface area contributed by atoms with E-state index >= 15 is 0 Å². The van der Waals surface area contributed by atoms with Crippen molar-refractivity contribution >= 4 is 21.9 Å². The summed E-state index contributed by atoms with van der Waals surface area (Å²) in [7, 11) is -3.66. The van der Waals surface area contributed by atoms with Crippen molar-refractivity contribution in [3.8, 4) is 0 Å². The number of amides is 1. The van der Waals surface area contributed by atoms with Crippen molar-refractivity contribution in [2.45, 2.75) is 18.7 Å². The molecule has 0 atom stereocenters. The molecule has 0 aromatic heterocycles. The van der Waals surface area contributed by atoms with Gasteiger partial charge in [-0.25, -0.2) is 13.1 Å². The predicted octanol–water partition coefficient (Wildman–Crippen LogP) is 0.108. The van der Waals surface area contributed by atoms with Crippen molar-refractivity contribution in [1.29, 1.82) is 0 Å². The third-order valence-corrected chi connectivity index (χ3v) is 4.04. The zero-order valence-electron chi connectivity index (χ0n) is 11.1. The number of hydrogen-bond donors (Lipinski definition) is 3. The summed E-state index contributed by atoms with van der Waals surface area (Å²) < 4.78 is 26.0. The van der Waals surface area contributed by atoms with E-state index in [9.17, 15) is 18.0 Å². The number of hydrogen-bond acceptors (Lipinski definition) is 4. The second-order valence-electron chi connectivity index (χ2n) is 4.05. The molecule has 8 heteroatoms. The number of carboxylic acids is 1. The number of sulfonamides is 1. The number of nitrogens with one attached hydrogen (secondary N) is 2. The van der Waals surface area contributed by atoms with E-state index in [0.717, 1.165) is 0 Å². The molecular formula is C12H16N2O5S. The Hall–Kier alpha value is -1.93. The lowest BCUT2D eigenvalue weighted by molar-refractivity contribution is -0.135. The highest BCUT2D eigenvalue weighted by Gasteiger charge is 2.17. The fraction of sp³-hybridized carbons (Fsp3) is 0.333. The molecule has 0 spiro atoms. The molecule has 1 amide bonds. The quantitative estimate of drug-likeness (QED) is 0.690. The number of carbonyl (C=O) groups is 2. The molecule has 0 radical (unpaired) electrons. The van der Waals surface area contributed by atoms with E-state index < -0.39 is 28.4 Å². The van der Waals surface area contributed by atoms with Gasteiger partial charge in [-0.1, -0.05) is 13.0 Å². The Balaban J connectivity index is 3.09. The van der Waals surface area contributed by atoms with Crippen LogP contribution in [0.4, 0.5) is 0 Å². The molecule has 0 saturated heterocycles. The van der Waals surface area contributed by atoms with Crippen LogP contribution >= 0.6 is 0 Å². The van der Waals surface area contributed by atoms with Crippen LogP contribution in [-0.4, -0.2) is 38.5 Å². The Kier molecular flexibility index (Phi) is 5.23. The van der Waals surface area contributed by atoms with Crippen LogP contribution in [0.15, 0.2) is 23.1 Å². The van der Waals surface area contributed by atoms with Gasteiger partial charge in [0.25, 0.3) is 5.91 Å². The van der Waals surface area contributed by atoms with Crippen LogP contribution in [0.3, 0.4) is 0 Å². The van der Waals surface area contributed by atoms with Crippen LogP contribution in [0.25, 0.3) is 0 Å². The minimum atomic E-state index is -3.66. The van der Waals surface area contributed by atoms with Crippen LogP contribution < -0.4 is 10.0 Å². The Morgan fingerprint density at radius 2 is 1.95 bits per heavy atom. The second-order valence-corrected chi connectivity index (χ2v) is 5.82. The van der Waals surface area contributed by atoms with Gasteiger partial charge in [0.1, 0.15) is 6.54 Å². The molecule has 0 saturated carbocycles. The van der Waals surface area contributed by atoms with Gasteiger partial charge in [0.05, 0.1) is 4.90 Å². The first-order valence-corrected chi connectivity index (χ1v) is 7.36. The van der Waals surface area contributed by atoms with E-state index in [0.29, 0.717) is 5.56 Å². The van der Waals surface area contributed by atoms with Crippen LogP contribution in [-0.2, 0) is 14.8 Å². The molecule has 7 nitrogen and oxygen atoms in total. The first-order chi connectivity index (χ1) is 9.27. The molecule has 0 aliphatic heterocycles. The Morgan fingerprint density at radius 1 is 1.30 bits per heavy atom. The first-order valence-electron chi connectivity index (χ1n) is 5.88. The maximum Gasteiger partial charge on any atom is 0.322 e. The molecule has 1 aromatic rings. The summed E-state index contributed by atoms with van der Waals surface area (Å²) in [5.41, 5.74) is 0.688. The molecule has 0 fully saturated rings. The van der Waals surface area contributed by atoms with Gasteiger partial charge in [0.15, 0.2) is 0 Å². The van der Waals surface area contributed by atoms with Crippen LogP contribution in [0.1, 0.15) is 22.8 Å². The lowest BCUT2D eigenvalue weighted by Crippen LogP contribution is -2.30. The summed E-state index contributed by atoms with van der Waals surface area (Å²) in [6, 6.07) is 4.12. The average Bonchev–Trinajstić information content (AvgIpc) is 2.36. The molecule has 1 aromatic carbocycles. The monoisotopic (exact) mass is 300 g/mol. The van der Waals surface area contributed by atoms with Gasteiger partial charge >= 0.3 is 5.97 Å². The first kappa shape index (κ1) is 16.1. The summed E-state index contributed by atoms with van der Waals surface area (Å²) in [4.78, 5) is 22.2. The van der Waals surface area contributed by atoms with E-state index in [-0.39, 0.29) is 17.0 Å². The van der Waals surface area contributed by atoms with E-state index in [2.05, 4.69) is 10.0 Å². The summed E-state index contributed by atoms with van der Waals surface area (Å²) in [6.45, 7) is 2.99. The van der Waals surface area contributed by atoms with E-state index in [4.69, 9.17) is 5.11 Å². The van der Waals surface area contributed by atoms with Crippen molar-refractivity contribution in [3.63, 3.8) is 0 Å². The van der Waals surface area contributed by atoms with Crippen LogP contribution in [0, 0.1) is 6.92 Å². The van der Waals surface area contributed by atoms with Gasteiger partial charge in [-0.3, -0.25) is 9.59 Å². The lowest BCUT2D eigenvalue weighted by Gasteiger charge is -2.09. The molecule has 110 valence electrons. The third kappa shape index (κ3) is 4.04. The molecule has 1 rings (SSSR count). The molecule has 0 heterocycles. The normalized spacial score (nSPS) is 11.1. The van der Waals surface area contributed by atoms with Gasteiger partial charge in [-0.2, -0.15) is 0 Å². The molecular weight excluding hydrogens is 284 g/mol. The van der Waals surface area contributed by atoms with Gasteiger partial charge in [-0.05, 0) is 24.6 Å². The summed E-state index contributed by atoms with van der Waals surface area (Å²) in [5.74, 6) is -1.80. The van der Waals surface area contributed by atoms with Crippen molar-refractivity contribution in [2.75, 3.05) is 13.1 Å². The van der Waals surface area contributed by atoms with Crippen molar-refractivity contribution in [3.05, 3.63) is 29.3 Å². The zero-order chi connectivity index (χ0) is 15.3. The van der Waals surface area contributed by atoms with Gasteiger partial charge in [-0.15, -0.1) is 0 Å². The third-order valence-electron chi connectivity index (χ3n) is 2.50. The fourth-order valence-electron chi connectivity index (χ4n) is 1.54. The highest BCUT2D eigenvalue weighted by molar-refractivity contribution is 7.89. The van der Waals surface area contributed by atoms with E-state index in [1.807, 2.05) is 0 Å². The summed E-state index contributed by atoms with van der Waals surface area (Å²) >= 11 is 0. The minimum Gasteiger partial charge on any atom is -0.480 e. The highest BCUT2D eigenvalue weighted by atomic mass is 32.2. The number of carbonyl (C=O) groups excluding carboxylic acids is 1. The minimum absolute atomic E-state index is 0.0366. The van der Waals surface area contributed by atoms with Gasteiger partial charge in [0.2, 0.25) is 10.0 Å². The Bertz CT molecular complexity index is 625. The maximum absolute atomic E-state index is 11.8. The standard InChI is InChI=1S/C12H16N2O5S/c1-3-14-20(18,19)9-5-4-8(2)10(6-9)12(17)13-7-11(15)16/h4-6,14H,3,7H2,1-2H3,(H,13,17)(H,15,16). The highest BCUT2D eigenvalue weighted by Crippen LogP contribution is 2.15. The Labute approximate surface area is 117 Å². The maximum atomic E-state index is 11.8. The van der Waals surface area contributed by atoms with Gasteiger partial charge in [0, 0.05) is 12.1 Å². The molecule has 0 aliphatic carbocycles. The molecule has 0 unspecified atom stereocenters. The van der Waals surface area contributed by atoms with Crippen molar-refractivity contribution in [1.82, 2.24) is 10.0 Å². The average molecular weight is 300 g/mol. The number of benzene rings is 1. The SMILES string of the molecule is CCNS(=O)(=O)c1ccc(C)c(C(=O)NCC(=O)O)c1. The smallest absolute Gasteiger partial charge is 0.322 e.